The number of benzene rings is 2. The molecule has 0 atom stereocenters. The van der Waals surface area contributed by atoms with Gasteiger partial charge in [0, 0.05) is 16.7 Å². The maximum Gasteiger partial charge on any atom is 0.298 e. The summed E-state index contributed by atoms with van der Waals surface area (Å²) in [7, 11) is 0. The van der Waals surface area contributed by atoms with E-state index in [4.69, 9.17) is 16.0 Å². The van der Waals surface area contributed by atoms with Gasteiger partial charge in [-0.3, -0.25) is 9.59 Å². The predicted octanol–water partition coefficient (Wildman–Crippen LogP) is 6.15. The second-order valence-electron chi connectivity index (χ2n) is 6.07. The van der Waals surface area contributed by atoms with E-state index in [0.29, 0.717) is 27.1 Å². The average Bonchev–Trinajstić information content (AvgIpc) is 3.21. The molecule has 0 radical (unpaired) electrons. The van der Waals surface area contributed by atoms with Gasteiger partial charge in [0.15, 0.2) is 0 Å². The van der Waals surface area contributed by atoms with Gasteiger partial charge in [0.2, 0.25) is 0 Å². The monoisotopic (exact) mass is 395 g/mol. The fourth-order valence-corrected chi connectivity index (χ4v) is 3.75. The van der Waals surface area contributed by atoms with Crippen LogP contribution >= 0.6 is 23.4 Å². The molecule has 2 aromatic carbocycles. The van der Waals surface area contributed by atoms with Crippen LogP contribution in [0, 0.1) is 6.92 Å². The van der Waals surface area contributed by atoms with Gasteiger partial charge in [-0.15, -0.1) is 0 Å². The van der Waals surface area contributed by atoms with E-state index in [0.717, 1.165) is 22.9 Å². The van der Waals surface area contributed by atoms with Crippen LogP contribution in [0.3, 0.4) is 0 Å². The highest BCUT2D eigenvalue weighted by Crippen LogP contribution is 2.36. The summed E-state index contributed by atoms with van der Waals surface area (Å²) in [5.41, 5.74) is 2.46. The van der Waals surface area contributed by atoms with Gasteiger partial charge >= 0.3 is 0 Å². The highest BCUT2D eigenvalue weighted by Gasteiger charge is 2.36. The summed E-state index contributed by atoms with van der Waals surface area (Å²) in [5, 5.41) is 0.293. The van der Waals surface area contributed by atoms with Gasteiger partial charge in [0.05, 0.1) is 10.6 Å². The Morgan fingerprint density at radius 3 is 2.56 bits per heavy atom. The fraction of sp³-hybridized carbons (Fsp3) is 0.0476. The van der Waals surface area contributed by atoms with Gasteiger partial charge in [0.25, 0.3) is 11.1 Å². The molecule has 0 N–H and O–H groups in total. The SMILES string of the molecule is Cc1ccc(N2C(=O)S/C(=C/c3ccc(-c4cccc(Cl)c4)o3)C2=O)cc1. The number of aryl methyl sites for hydroxylation is 1. The molecule has 134 valence electrons. The Morgan fingerprint density at radius 1 is 1.04 bits per heavy atom. The number of rotatable bonds is 3. The van der Waals surface area contributed by atoms with Crippen LogP contribution in [-0.2, 0) is 4.79 Å². The first kappa shape index (κ1) is 17.6. The third kappa shape index (κ3) is 3.56. The first-order valence-corrected chi connectivity index (χ1v) is 9.41. The van der Waals surface area contributed by atoms with Gasteiger partial charge in [-0.25, -0.2) is 4.90 Å². The minimum atomic E-state index is -0.352. The fourth-order valence-electron chi connectivity index (χ4n) is 2.74. The average molecular weight is 396 g/mol. The number of furan rings is 1. The van der Waals surface area contributed by atoms with Crippen LogP contribution in [0.5, 0.6) is 0 Å². The molecule has 3 aromatic rings. The van der Waals surface area contributed by atoms with E-state index < -0.39 is 0 Å². The van der Waals surface area contributed by atoms with Crippen molar-refractivity contribution in [2.75, 3.05) is 4.90 Å². The molecule has 0 saturated carbocycles. The standard InChI is InChI=1S/C21H14ClNO3S/c1-13-5-7-16(8-6-13)23-20(24)19(27-21(23)25)12-17-9-10-18(26-17)14-3-2-4-15(22)11-14/h2-12H,1H3/b19-12+. The van der Waals surface area contributed by atoms with E-state index in [2.05, 4.69) is 0 Å². The topological polar surface area (TPSA) is 50.5 Å². The molecule has 1 aliphatic heterocycles. The van der Waals surface area contributed by atoms with Crippen LogP contribution in [0.15, 0.2) is 70.0 Å². The van der Waals surface area contributed by atoms with Crippen molar-refractivity contribution >= 4 is 46.3 Å². The number of hydrogen-bond acceptors (Lipinski definition) is 4. The summed E-state index contributed by atoms with van der Waals surface area (Å²) in [6.45, 7) is 1.95. The molecule has 2 amide bonds. The van der Waals surface area contributed by atoms with Crippen molar-refractivity contribution in [2.24, 2.45) is 0 Å². The van der Waals surface area contributed by atoms with Crippen molar-refractivity contribution in [3.8, 4) is 11.3 Å². The molecule has 4 nitrogen and oxygen atoms in total. The second-order valence-corrected chi connectivity index (χ2v) is 7.49. The lowest BCUT2D eigenvalue weighted by atomic mass is 10.2. The zero-order chi connectivity index (χ0) is 19.0. The molecule has 2 heterocycles. The molecule has 0 aliphatic carbocycles. The zero-order valence-corrected chi connectivity index (χ0v) is 15.9. The third-order valence-electron chi connectivity index (χ3n) is 4.10. The van der Waals surface area contributed by atoms with Crippen LogP contribution in [0.4, 0.5) is 10.5 Å². The highest BCUT2D eigenvalue weighted by molar-refractivity contribution is 8.19. The molecular weight excluding hydrogens is 382 g/mol. The predicted molar refractivity (Wildman–Crippen MR) is 109 cm³/mol. The quantitative estimate of drug-likeness (QED) is 0.499. The number of thioether (sulfide) groups is 1. The van der Waals surface area contributed by atoms with Gasteiger partial charge < -0.3 is 4.42 Å². The van der Waals surface area contributed by atoms with E-state index in [1.807, 2.05) is 37.3 Å². The van der Waals surface area contributed by atoms with Crippen LogP contribution < -0.4 is 4.90 Å². The zero-order valence-electron chi connectivity index (χ0n) is 14.3. The minimum Gasteiger partial charge on any atom is -0.457 e. The lowest BCUT2D eigenvalue weighted by Gasteiger charge is -2.12. The van der Waals surface area contributed by atoms with E-state index in [-0.39, 0.29) is 11.1 Å². The Balaban J connectivity index is 1.61. The molecule has 0 spiro atoms. The summed E-state index contributed by atoms with van der Waals surface area (Å²) in [6.07, 6.45) is 1.59. The third-order valence-corrected chi connectivity index (χ3v) is 5.20. The summed E-state index contributed by atoms with van der Waals surface area (Å²) in [5.74, 6) is 0.787. The molecule has 27 heavy (non-hydrogen) atoms. The number of anilines is 1. The van der Waals surface area contributed by atoms with E-state index in [9.17, 15) is 9.59 Å². The van der Waals surface area contributed by atoms with Crippen LogP contribution in [0.25, 0.3) is 17.4 Å². The van der Waals surface area contributed by atoms with Crippen molar-refractivity contribution in [1.82, 2.24) is 0 Å². The molecule has 0 unspecified atom stereocenters. The lowest BCUT2D eigenvalue weighted by molar-refractivity contribution is -0.113. The van der Waals surface area contributed by atoms with Crippen molar-refractivity contribution in [1.29, 1.82) is 0 Å². The first-order valence-electron chi connectivity index (χ1n) is 8.22. The van der Waals surface area contributed by atoms with Crippen molar-refractivity contribution in [2.45, 2.75) is 6.92 Å². The summed E-state index contributed by atoms with van der Waals surface area (Å²) in [6, 6.07) is 18.1. The molecule has 6 heteroatoms. The summed E-state index contributed by atoms with van der Waals surface area (Å²) < 4.78 is 5.80. The van der Waals surface area contributed by atoms with Crippen molar-refractivity contribution < 1.29 is 14.0 Å². The van der Waals surface area contributed by atoms with E-state index in [1.54, 1.807) is 36.4 Å². The molecule has 0 bridgehead atoms. The highest BCUT2D eigenvalue weighted by atomic mass is 35.5. The molecular formula is C21H14ClNO3S. The van der Waals surface area contributed by atoms with Gasteiger partial charge in [0.1, 0.15) is 11.5 Å². The Bertz CT molecular complexity index is 1070. The Morgan fingerprint density at radius 2 is 1.81 bits per heavy atom. The molecule has 1 saturated heterocycles. The van der Waals surface area contributed by atoms with Gasteiger partial charge in [-0.2, -0.15) is 0 Å². The second kappa shape index (κ2) is 7.10. The van der Waals surface area contributed by atoms with Crippen LogP contribution in [0.1, 0.15) is 11.3 Å². The van der Waals surface area contributed by atoms with Crippen molar-refractivity contribution in [3.05, 3.63) is 81.9 Å². The molecule has 1 aromatic heterocycles. The Labute approximate surface area is 165 Å². The summed E-state index contributed by atoms with van der Waals surface area (Å²) >= 11 is 6.91. The number of imide groups is 1. The maximum absolute atomic E-state index is 12.7. The number of carbonyl (C=O) groups is 2. The maximum atomic E-state index is 12.7. The van der Waals surface area contributed by atoms with E-state index >= 15 is 0 Å². The lowest BCUT2D eigenvalue weighted by Crippen LogP contribution is -2.27. The first-order chi connectivity index (χ1) is 13.0. The number of amides is 2. The number of nitrogens with zero attached hydrogens (tertiary/aromatic N) is 1. The summed E-state index contributed by atoms with van der Waals surface area (Å²) in [4.78, 5) is 26.5. The van der Waals surface area contributed by atoms with Crippen molar-refractivity contribution in [3.63, 3.8) is 0 Å². The molecule has 1 aliphatic rings. The molecule has 1 fully saturated rings. The molecule has 4 rings (SSSR count). The Hall–Kier alpha value is -2.76. The van der Waals surface area contributed by atoms with E-state index in [1.165, 1.54) is 4.90 Å². The Kier molecular flexibility index (Phi) is 4.64. The number of hydrogen-bond donors (Lipinski definition) is 0. The minimum absolute atomic E-state index is 0.322. The van der Waals surface area contributed by atoms with Crippen LogP contribution in [0.2, 0.25) is 5.02 Å². The smallest absolute Gasteiger partial charge is 0.298 e. The van der Waals surface area contributed by atoms with Crippen LogP contribution in [-0.4, -0.2) is 11.1 Å². The normalized spacial score (nSPS) is 15.8. The number of halogens is 1. The number of carbonyl (C=O) groups excluding carboxylic acids is 2. The largest absolute Gasteiger partial charge is 0.457 e. The van der Waals surface area contributed by atoms with Gasteiger partial charge in [-0.1, -0.05) is 41.4 Å². The van der Waals surface area contributed by atoms with Gasteiger partial charge in [-0.05, 0) is 55.1 Å².